The minimum atomic E-state index is 0.421. The Kier molecular flexibility index (Phi) is 3.32. The quantitative estimate of drug-likeness (QED) is 0.505. The highest BCUT2D eigenvalue weighted by Gasteiger charge is 2.22. The molecule has 1 aliphatic heterocycles. The molecule has 0 saturated carbocycles. The van der Waals surface area contributed by atoms with Gasteiger partial charge >= 0.3 is 0 Å². The van der Waals surface area contributed by atoms with Crippen molar-refractivity contribution in [3.05, 3.63) is 12.3 Å². The number of rotatable bonds is 3. The summed E-state index contributed by atoms with van der Waals surface area (Å²) in [5.74, 6) is 0.421. The van der Waals surface area contributed by atoms with Gasteiger partial charge in [0.1, 0.15) is 12.8 Å². The van der Waals surface area contributed by atoms with Crippen LogP contribution in [0.15, 0.2) is 12.3 Å². The number of hydrogen-bond acceptors (Lipinski definition) is 1. The third-order valence-electron chi connectivity index (χ3n) is 2.66. The van der Waals surface area contributed by atoms with Crippen LogP contribution in [0.5, 0.6) is 0 Å². The Bertz CT molecular complexity index is 196. The van der Waals surface area contributed by atoms with Gasteiger partial charge in [0.15, 0.2) is 6.04 Å². The van der Waals surface area contributed by atoms with Gasteiger partial charge in [0.05, 0.1) is 6.26 Å². The van der Waals surface area contributed by atoms with E-state index in [0.717, 1.165) is 6.26 Å². The zero-order valence-corrected chi connectivity index (χ0v) is 7.90. The molecule has 0 fully saturated rings. The Balaban J connectivity index is 2.50. The lowest BCUT2D eigenvalue weighted by Crippen LogP contribution is -2.27. The Labute approximate surface area is 74.2 Å². The first-order chi connectivity index (χ1) is 5.75. The zero-order valence-electron chi connectivity index (χ0n) is 7.90. The molecule has 2 atom stereocenters. The molecule has 0 aromatic heterocycles. The lowest BCUT2D eigenvalue weighted by molar-refractivity contribution is -0.557. The molecule has 0 aromatic rings. The van der Waals surface area contributed by atoms with Crippen LogP contribution in [0.2, 0.25) is 0 Å². The van der Waals surface area contributed by atoms with E-state index in [9.17, 15) is 0 Å². The summed E-state index contributed by atoms with van der Waals surface area (Å²) in [5, 5.41) is 8.62. The fourth-order valence-corrected chi connectivity index (χ4v) is 1.59. The molecule has 1 N–H and O–H groups in total. The van der Waals surface area contributed by atoms with Crippen LogP contribution in [0.25, 0.3) is 0 Å². The van der Waals surface area contributed by atoms with E-state index in [4.69, 9.17) is 5.11 Å². The molecule has 12 heavy (non-hydrogen) atoms. The summed E-state index contributed by atoms with van der Waals surface area (Å²) in [6.07, 6.45) is 7.75. The Morgan fingerprint density at radius 3 is 2.75 bits per heavy atom. The van der Waals surface area contributed by atoms with Gasteiger partial charge in [-0.25, -0.2) is 4.58 Å². The van der Waals surface area contributed by atoms with E-state index in [2.05, 4.69) is 24.6 Å². The average molecular weight is 168 g/mol. The molecule has 0 spiro atoms. The van der Waals surface area contributed by atoms with Crippen LogP contribution < -0.4 is 0 Å². The SMILES string of the molecule is C[C@H]([C@@H](C)/C=C/O)[N+]1=CCCC1. The molecule has 0 radical (unpaired) electrons. The molecule has 1 heterocycles. The van der Waals surface area contributed by atoms with Crippen molar-refractivity contribution in [1.82, 2.24) is 0 Å². The first-order valence-corrected chi connectivity index (χ1v) is 4.65. The maximum Gasteiger partial charge on any atom is 0.155 e. The largest absolute Gasteiger partial charge is 0.516 e. The van der Waals surface area contributed by atoms with Crippen molar-refractivity contribution < 1.29 is 9.68 Å². The summed E-state index contributed by atoms with van der Waals surface area (Å²) in [6.45, 7) is 5.50. The van der Waals surface area contributed by atoms with Crippen LogP contribution in [-0.4, -0.2) is 28.5 Å². The summed E-state index contributed by atoms with van der Waals surface area (Å²) in [5.41, 5.74) is 0. The maximum atomic E-state index is 8.62. The van der Waals surface area contributed by atoms with E-state index < -0.39 is 0 Å². The van der Waals surface area contributed by atoms with Crippen LogP contribution in [0.4, 0.5) is 0 Å². The van der Waals surface area contributed by atoms with Gasteiger partial charge in [-0.3, -0.25) is 0 Å². The summed E-state index contributed by atoms with van der Waals surface area (Å²) in [7, 11) is 0. The van der Waals surface area contributed by atoms with Crippen LogP contribution in [-0.2, 0) is 0 Å². The first kappa shape index (κ1) is 9.30. The number of nitrogens with zero attached hydrogens (tertiary/aromatic N) is 1. The number of aliphatic hydroxyl groups excluding tert-OH is 1. The Morgan fingerprint density at radius 2 is 2.25 bits per heavy atom. The number of hydrogen-bond donors (Lipinski definition) is 1. The van der Waals surface area contributed by atoms with Crippen molar-refractivity contribution in [3.8, 4) is 0 Å². The van der Waals surface area contributed by atoms with Gasteiger partial charge in [-0.2, -0.15) is 0 Å². The summed E-state index contributed by atoms with van der Waals surface area (Å²) < 4.78 is 2.37. The van der Waals surface area contributed by atoms with Gasteiger partial charge in [0.25, 0.3) is 0 Å². The predicted molar refractivity (Wildman–Crippen MR) is 50.8 cm³/mol. The lowest BCUT2D eigenvalue weighted by atomic mass is 10.0. The highest BCUT2D eigenvalue weighted by Crippen LogP contribution is 2.11. The normalized spacial score (nSPS) is 22.7. The summed E-state index contributed by atoms with van der Waals surface area (Å²) in [4.78, 5) is 0. The molecule has 1 rings (SSSR count). The molecule has 0 amide bonds. The molecule has 0 aromatic carbocycles. The van der Waals surface area contributed by atoms with Crippen molar-refractivity contribution in [1.29, 1.82) is 0 Å². The second-order valence-corrected chi connectivity index (χ2v) is 3.50. The first-order valence-electron chi connectivity index (χ1n) is 4.65. The van der Waals surface area contributed by atoms with Gasteiger partial charge in [-0.05, 0) is 13.0 Å². The molecule has 2 nitrogen and oxygen atoms in total. The molecular formula is C10H18NO+. The fraction of sp³-hybridized carbons (Fsp3) is 0.700. The Morgan fingerprint density at radius 1 is 1.50 bits per heavy atom. The van der Waals surface area contributed by atoms with Gasteiger partial charge in [0.2, 0.25) is 0 Å². The predicted octanol–water partition coefficient (Wildman–Crippen LogP) is 1.96. The number of aliphatic hydroxyl groups is 1. The van der Waals surface area contributed by atoms with Crippen molar-refractivity contribution in [2.24, 2.45) is 5.92 Å². The van der Waals surface area contributed by atoms with Crippen molar-refractivity contribution >= 4 is 6.21 Å². The topological polar surface area (TPSA) is 23.2 Å². The van der Waals surface area contributed by atoms with Crippen LogP contribution in [0.3, 0.4) is 0 Å². The minimum absolute atomic E-state index is 0.421. The highest BCUT2D eigenvalue weighted by atomic mass is 16.2. The second-order valence-electron chi connectivity index (χ2n) is 3.50. The van der Waals surface area contributed by atoms with E-state index in [0.29, 0.717) is 12.0 Å². The summed E-state index contributed by atoms with van der Waals surface area (Å²) in [6, 6.07) is 0.510. The molecule has 0 saturated heterocycles. The Hall–Kier alpha value is -0.790. The van der Waals surface area contributed by atoms with E-state index in [1.807, 2.05) is 6.08 Å². The zero-order chi connectivity index (χ0) is 8.97. The van der Waals surface area contributed by atoms with Gasteiger partial charge in [-0.15, -0.1) is 0 Å². The van der Waals surface area contributed by atoms with Crippen molar-refractivity contribution in [2.45, 2.75) is 32.7 Å². The molecule has 0 unspecified atom stereocenters. The van der Waals surface area contributed by atoms with E-state index in [-0.39, 0.29) is 0 Å². The second kappa shape index (κ2) is 4.29. The lowest BCUT2D eigenvalue weighted by Gasteiger charge is -2.12. The third kappa shape index (κ3) is 2.10. The van der Waals surface area contributed by atoms with Gasteiger partial charge in [0, 0.05) is 18.8 Å². The maximum absolute atomic E-state index is 8.62. The van der Waals surface area contributed by atoms with Crippen molar-refractivity contribution in [2.75, 3.05) is 6.54 Å². The fourth-order valence-electron chi connectivity index (χ4n) is 1.59. The molecule has 2 heteroatoms. The monoisotopic (exact) mass is 168 g/mol. The van der Waals surface area contributed by atoms with Crippen molar-refractivity contribution in [3.63, 3.8) is 0 Å². The van der Waals surface area contributed by atoms with E-state index in [1.165, 1.54) is 19.4 Å². The average Bonchev–Trinajstić information content (AvgIpc) is 2.55. The molecule has 68 valence electrons. The molecule has 1 aliphatic rings. The van der Waals surface area contributed by atoms with Crippen LogP contribution in [0.1, 0.15) is 26.7 Å². The highest BCUT2D eigenvalue weighted by molar-refractivity contribution is 5.52. The van der Waals surface area contributed by atoms with Gasteiger partial charge in [-0.1, -0.05) is 6.92 Å². The van der Waals surface area contributed by atoms with Crippen LogP contribution >= 0.6 is 0 Å². The van der Waals surface area contributed by atoms with E-state index in [1.54, 1.807) is 0 Å². The van der Waals surface area contributed by atoms with Gasteiger partial charge < -0.3 is 5.11 Å². The smallest absolute Gasteiger partial charge is 0.155 e. The molecule has 0 bridgehead atoms. The van der Waals surface area contributed by atoms with E-state index >= 15 is 0 Å². The third-order valence-corrected chi connectivity index (χ3v) is 2.66. The standard InChI is InChI=1S/C10H17NO/c1-9(5-8-12)10(2)11-6-3-4-7-11/h5-6,8-10H,3-4,7H2,1-2H3/p+1/b8-5+/t9-,10+/m0/s1. The summed E-state index contributed by atoms with van der Waals surface area (Å²) >= 11 is 0. The molecular weight excluding hydrogens is 150 g/mol. The molecule has 0 aliphatic carbocycles. The minimum Gasteiger partial charge on any atom is -0.516 e. The van der Waals surface area contributed by atoms with Crippen LogP contribution in [0, 0.1) is 5.92 Å².